The lowest BCUT2D eigenvalue weighted by atomic mass is 10.2. The van der Waals surface area contributed by atoms with Gasteiger partial charge in [0.15, 0.2) is 0 Å². The van der Waals surface area contributed by atoms with Gasteiger partial charge in [-0.25, -0.2) is 0 Å². The first-order valence-electron chi connectivity index (χ1n) is 5.12. The number of hydrogen-bond donors (Lipinski definition) is 1. The van der Waals surface area contributed by atoms with Crippen LogP contribution in [0.25, 0.3) is 0 Å². The van der Waals surface area contributed by atoms with Crippen molar-refractivity contribution < 1.29 is 9.21 Å². The molecule has 78 valence electrons. The third kappa shape index (κ3) is 4.12. The molecule has 0 atom stereocenters. The summed E-state index contributed by atoms with van der Waals surface area (Å²) in [5, 5.41) is 2.86. The van der Waals surface area contributed by atoms with Crippen LogP contribution < -0.4 is 5.32 Å². The largest absolute Gasteiger partial charge is 0.469 e. The minimum Gasteiger partial charge on any atom is -0.469 e. The molecule has 0 aromatic carbocycles. The quantitative estimate of drug-likeness (QED) is 0.706. The molecule has 0 radical (unpaired) electrons. The van der Waals surface area contributed by atoms with Crippen molar-refractivity contribution in [3.8, 4) is 0 Å². The van der Waals surface area contributed by atoms with Gasteiger partial charge in [0.2, 0.25) is 5.91 Å². The molecular weight excluding hydrogens is 178 g/mol. The van der Waals surface area contributed by atoms with Gasteiger partial charge in [-0.3, -0.25) is 4.79 Å². The van der Waals surface area contributed by atoms with E-state index in [0.717, 1.165) is 18.7 Å². The number of furan rings is 1. The molecule has 0 saturated heterocycles. The monoisotopic (exact) mass is 195 g/mol. The topological polar surface area (TPSA) is 42.2 Å². The Labute approximate surface area is 84.5 Å². The predicted octanol–water partition coefficient (Wildman–Crippen LogP) is 2.13. The lowest BCUT2D eigenvalue weighted by Crippen LogP contribution is -2.25. The van der Waals surface area contributed by atoms with Crippen LogP contribution in [0.1, 0.15) is 31.9 Å². The number of carbonyl (C=O) groups is 1. The standard InChI is InChI=1S/C11H17NO2/c1-2-3-4-7-12-11(13)9-10-6-5-8-14-10/h5-6,8H,2-4,7,9H2,1H3,(H,12,13). The highest BCUT2D eigenvalue weighted by atomic mass is 16.3. The Hall–Kier alpha value is -1.25. The van der Waals surface area contributed by atoms with Gasteiger partial charge in [-0.05, 0) is 18.6 Å². The van der Waals surface area contributed by atoms with E-state index in [2.05, 4.69) is 12.2 Å². The van der Waals surface area contributed by atoms with Gasteiger partial charge in [0, 0.05) is 6.54 Å². The van der Waals surface area contributed by atoms with Crippen molar-refractivity contribution in [2.24, 2.45) is 0 Å². The molecule has 0 aliphatic rings. The van der Waals surface area contributed by atoms with Crippen LogP contribution in [0.15, 0.2) is 22.8 Å². The lowest BCUT2D eigenvalue weighted by molar-refractivity contribution is -0.120. The molecule has 3 nitrogen and oxygen atoms in total. The maximum absolute atomic E-state index is 11.3. The zero-order valence-electron chi connectivity index (χ0n) is 8.58. The molecule has 1 rings (SSSR count). The van der Waals surface area contributed by atoms with Gasteiger partial charge >= 0.3 is 0 Å². The fourth-order valence-electron chi connectivity index (χ4n) is 1.24. The third-order valence-corrected chi connectivity index (χ3v) is 2.02. The summed E-state index contributed by atoms with van der Waals surface area (Å²) in [7, 11) is 0. The summed E-state index contributed by atoms with van der Waals surface area (Å²) in [6.07, 6.45) is 5.33. The fourth-order valence-corrected chi connectivity index (χ4v) is 1.24. The molecule has 1 aromatic rings. The van der Waals surface area contributed by atoms with Crippen LogP contribution in [-0.4, -0.2) is 12.5 Å². The average Bonchev–Trinajstić information content (AvgIpc) is 2.65. The first kappa shape index (κ1) is 10.8. The van der Waals surface area contributed by atoms with Gasteiger partial charge in [-0.2, -0.15) is 0 Å². The van der Waals surface area contributed by atoms with Crippen molar-refractivity contribution in [3.05, 3.63) is 24.2 Å². The van der Waals surface area contributed by atoms with Crippen molar-refractivity contribution in [1.82, 2.24) is 5.32 Å². The highest BCUT2D eigenvalue weighted by molar-refractivity contribution is 5.77. The molecule has 1 N–H and O–H groups in total. The Balaban J connectivity index is 2.11. The minimum absolute atomic E-state index is 0.0380. The molecule has 0 spiro atoms. The summed E-state index contributed by atoms with van der Waals surface area (Å²) >= 11 is 0. The number of carbonyl (C=O) groups excluding carboxylic acids is 1. The Morgan fingerprint density at radius 2 is 2.36 bits per heavy atom. The maximum Gasteiger partial charge on any atom is 0.227 e. The molecule has 3 heteroatoms. The Kier molecular flexibility index (Phi) is 4.83. The second-order valence-corrected chi connectivity index (χ2v) is 3.31. The molecule has 14 heavy (non-hydrogen) atoms. The molecule has 0 aliphatic carbocycles. The second-order valence-electron chi connectivity index (χ2n) is 3.31. The second kappa shape index (κ2) is 6.24. The van der Waals surface area contributed by atoms with Crippen molar-refractivity contribution in [2.45, 2.75) is 32.6 Å². The molecular formula is C11H17NO2. The molecule has 1 amide bonds. The molecule has 0 saturated carbocycles. The van der Waals surface area contributed by atoms with Gasteiger partial charge in [-0.15, -0.1) is 0 Å². The van der Waals surface area contributed by atoms with E-state index in [0.29, 0.717) is 6.42 Å². The zero-order valence-corrected chi connectivity index (χ0v) is 8.58. The van der Waals surface area contributed by atoms with E-state index in [-0.39, 0.29) is 5.91 Å². The summed E-state index contributed by atoms with van der Waals surface area (Å²) in [4.78, 5) is 11.3. The number of hydrogen-bond acceptors (Lipinski definition) is 2. The van der Waals surface area contributed by atoms with Gasteiger partial charge in [0.05, 0.1) is 12.7 Å². The Morgan fingerprint density at radius 1 is 1.50 bits per heavy atom. The molecule has 0 aliphatic heterocycles. The normalized spacial score (nSPS) is 10.1. The first-order chi connectivity index (χ1) is 6.83. The molecule has 1 heterocycles. The highest BCUT2D eigenvalue weighted by Crippen LogP contribution is 2.00. The van der Waals surface area contributed by atoms with E-state index >= 15 is 0 Å². The van der Waals surface area contributed by atoms with Crippen LogP contribution in [0.3, 0.4) is 0 Å². The SMILES string of the molecule is CCCCCNC(=O)Cc1ccco1. The fraction of sp³-hybridized carbons (Fsp3) is 0.545. The predicted molar refractivity (Wildman–Crippen MR) is 54.9 cm³/mol. The summed E-state index contributed by atoms with van der Waals surface area (Å²) in [6.45, 7) is 2.91. The van der Waals surface area contributed by atoms with Crippen molar-refractivity contribution >= 4 is 5.91 Å². The number of nitrogens with one attached hydrogen (secondary N) is 1. The zero-order chi connectivity index (χ0) is 10.2. The van der Waals surface area contributed by atoms with Gasteiger partial charge < -0.3 is 9.73 Å². The summed E-state index contributed by atoms with van der Waals surface area (Å²) in [6, 6.07) is 3.60. The van der Waals surface area contributed by atoms with Crippen molar-refractivity contribution in [1.29, 1.82) is 0 Å². The highest BCUT2D eigenvalue weighted by Gasteiger charge is 2.03. The summed E-state index contributed by atoms with van der Waals surface area (Å²) in [5.74, 6) is 0.758. The van der Waals surface area contributed by atoms with Crippen LogP contribution in [0.2, 0.25) is 0 Å². The molecule has 1 aromatic heterocycles. The van der Waals surface area contributed by atoms with E-state index in [9.17, 15) is 4.79 Å². The minimum atomic E-state index is 0.0380. The molecule has 0 bridgehead atoms. The maximum atomic E-state index is 11.3. The van der Waals surface area contributed by atoms with Crippen molar-refractivity contribution in [2.75, 3.05) is 6.54 Å². The van der Waals surface area contributed by atoms with Crippen LogP contribution in [-0.2, 0) is 11.2 Å². The van der Waals surface area contributed by atoms with E-state index < -0.39 is 0 Å². The van der Waals surface area contributed by atoms with E-state index in [1.807, 2.05) is 6.07 Å². The number of unbranched alkanes of at least 4 members (excludes halogenated alkanes) is 2. The van der Waals surface area contributed by atoms with Crippen LogP contribution in [0, 0.1) is 0 Å². The van der Waals surface area contributed by atoms with Gasteiger partial charge in [0.1, 0.15) is 5.76 Å². The van der Waals surface area contributed by atoms with Crippen LogP contribution in [0.4, 0.5) is 0 Å². The Bertz CT molecular complexity index is 254. The van der Waals surface area contributed by atoms with Crippen LogP contribution in [0.5, 0.6) is 0 Å². The van der Waals surface area contributed by atoms with Gasteiger partial charge in [-0.1, -0.05) is 19.8 Å². The van der Waals surface area contributed by atoms with Crippen LogP contribution >= 0.6 is 0 Å². The lowest BCUT2D eigenvalue weighted by Gasteiger charge is -2.02. The average molecular weight is 195 g/mol. The summed E-state index contributed by atoms with van der Waals surface area (Å²) < 4.78 is 5.07. The third-order valence-electron chi connectivity index (χ3n) is 2.02. The molecule has 0 unspecified atom stereocenters. The summed E-state index contributed by atoms with van der Waals surface area (Å²) in [5.41, 5.74) is 0. The smallest absolute Gasteiger partial charge is 0.227 e. The molecule has 0 fully saturated rings. The Morgan fingerprint density at radius 3 is 3.00 bits per heavy atom. The number of amides is 1. The number of rotatable bonds is 6. The van der Waals surface area contributed by atoms with Gasteiger partial charge in [0.25, 0.3) is 0 Å². The first-order valence-corrected chi connectivity index (χ1v) is 5.12. The van der Waals surface area contributed by atoms with E-state index in [1.54, 1.807) is 12.3 Å². The van der Waals surface area contributed by atoms with Crippen molar-refractivity contribution in [3.63, 3.8) is 0 Å². The van der Waals surface area contributed by atoms with E-state index in [1.165, 1.54) is 12.8 Å². The van der Waals surface area contributed by atoms with E-state index in [4.69, 9.17) is 4.42 Å².